The van der Waals surface area contributed by atoms with E-state index in [0.717, 1.165) is 48.3 Å². The van der Waals surface area contributed by atoms with E-state index in [1.54, 1.807) is 0 Å². The number of carbonyl (C=O) groups is 2. The lowest BCUT2D eigenvalue weighted by Gasteiger charge is -2.31. The van der Waals surface area contributed by atoms with Gasteiger partial charge >= 0.3 is 0 Å². The van der Waals surface area contributed by atoms with Gasteiger partial charge in [-0.2, -0.15) is 0 Å². The molecule has 1 aliphatic carbocycles. The number of pyridine rings is 1. The van der Waals surface area contributed by atoms with Gasteiger partial charge in [-0.25, -0.2) is 4.98 Å². The first-order chi connectivity index (χ1) is 16.0. The van der Waals surface area contributed by atoms with Crippen molar-refractivity contribution in [2.24, 2.45) is 17.3 Å². The van der Waals surface area contributed by atoms with Crippen molar-refractivity contribution in [3.63, 3.8) is 0 Å². The number of rotatable bonds is 4. The highest BCUT2D eigenvalue weighted by Gasteiger charge is 2.55. The molecule has 0 saturated carbocycles. The van der Waals surface area contributed by atoms with Gasteiger partial charge < -0.3 is 4.57 Å². The molecule has 33 heavy (non-hydrogen) atoms. The zero-order valence-corrected chi connectivity index (χ0v) is 19.0. The molecule has 0 bridgehead atoms. The average Bonchev–Trinajstić information content (AvgIpc) is 3.50. The number of nitrogens with zero attached hydrogens (tertiary/aromatic N) is 4. The summed E-state index contributed by atoms with van der Waals surface area (Å²) in [5.41, 5.74) is 3.78. The molecule has 1 N–H and O–H groups in total. The largest absolute Gasteiger partial charge is 0.337 e. The molecule has 4 heterocycles. The average molecular weight is 444 g/mol. The second kappa shape index (κ2) is 7.76. The van der Waals surface area contributed by atoms with Crippen LogP contribution in [0.5, 0.6) is 0 Å². The normalized spacial score (nSPS) is 25.8. The second-order valence-corrected chi connectivity index (χ2v) is 10.1. The summed E-state index contributed by atoms with van der Waals surface area (Å²) in [5.74, 6) is 0.148. The minimum atomic E-state index is -0.624. The predicted molar refractivity (Wildman–Crippen MR) is 124 cm³/mol. The summed E-state index contributed by atoms with van der Waals surface area (Å²) in [4.78, 5) is 36.3. The number of likely N-dealkylation sites (tertiary alicyclic amines) is 1. The van der Waals surface area contributed by atoms with Crippen LogP contribution in [0.4, 0.5) is 0 Å². The first-order valence-corrected chi connectivity index (χ1v) is 11.9. The number of hydrogen-bond acceptors (Lipinski definition) is 5. The molecule has 1 aromatic carbocycles. The molecule has 0 radical (unpaired) electrons. The summed E-state index contributed by atoms with van der Waals surface area (Å²) < 4.78 is 2.18. The summed E-state index contributed by atoms with van der Waals surface area (Å²) in [6.07, 6.45) is 9.43. The third kappa shape index (κ3) is 3.55. The van der Waals surface area contributed by atoms with Crippen molar-refractivity contribution < 1.29 is 9.59 Å². The Bertz CT molecular complexity index is 1230. The van der Waals surface area contributed by atoms with Gasteiger partial charge in [0.15, 0.2) is 0 Å². The standard InChI is InChI=1S/C26H29N5O2/c1-17-24(32)29-25(33)26(17)12-20-10-19-2-3-22(28-23(19)11-21(20)13-26)15-30-7-4-18(5-8-30)14-31-9-6-27-16-31/h2-3,6,9-11,16-18H,4-5,7-8,12-15H2,1H3,(H,29,32,33). The Balaban J connectivity index is 1.15. The fourth-order valence-electron chi connectivity index (χ4n) is 5.97. The van der Waals surface area contributed by atoms with Crippen molar-refractivity contribution in [2.45, 2.75) is 45.7 Å². The van der Waals surface area contributed by atoms with Crippen LogP contribution < -0.4 is 5.32 Å². The molecule has 2 atom stereocenters. The van der Waals surface area contributed by atoms with Gasteiger partial charge in [0.2, 0.25) is 11.8 Å². The van der Waals surface area contributed by atoms with Gasteiger partial charge in [-0.05, 0) is 74.0 Å². The van der Waals surface area contributed by atoms with Crippen LogP contribution in [-0.2, 0) is 35.5 Å². The first kappa shape index (κ1) is 20.5. The van der Waals surface area contributed by atoms with E-state index < -0.39 is 5.41 Å². The van der Waals surface area contributed by atoms with Crippen LogP contribution in [0.25, 0.3) is 10.9 Å². The minimum absolute atomic E-state index is 0.120. The lowest BCUT2D eigenvalue weighted by Crippen LogP contribution is -2.35. The Hall–Kier alpha value is -3.06. The molecule has 1 spiro atoms. The van der Waals surface area contributed by atoms with Crippen molar-refractivity contribution >= 4 is 22.7 Å². The molecule has 3 aliphatic rings. The summed E-state index contributed by atoms with van der Waals surface area (Å²) in [7, 11) is 0. The molecule has 2 unspecified atom stereocenters. The number of fused-ring (bicyclic) bond motifs is 2. The molecule has 2 aliphatic heterocycles. The summed E-state index contributed by atoms with van der Waals surface area (Å²) in [5, 5.41) is 3.64. The Morgan fingerprint density at radius 1 is 1.12 bits per heavy atom. The van der Waals surface area contributed by atoms with Gasteiger partial charge in [0, 0.05) is 30.9 Å². The van der Waals surface area contributed by atoms with E-state index in [9.17, 15) is 9.59 Å². The Kier molecular flexibility index (Phi) is 4.83. The zero-order valence-electron chi connectivity index (χ0n) is 19.0. The number of amides is 2. The predicted octanol–water partition coefficient (Wildman–Crippen LogP) is 2.72. The third-order valence-corrected chi connectivity index (χ3v) is 8.11. The fourth-order valence-corrected chi connectivity index (χ4v) is 5.97. The van der Waals surface area contributed by atoms with Gasteiger partial charge in [0.25, 0.3) is 0 Å². The van der Waals surface area contributed by atoms with E-state index in [-0.39, 0.29) is 17.7 Å². The molecule has 170 valence electrons. The quantitative estimate of drug-likeness (QED) is 0.627. The SMILES string of the molecule is CC1C(=O)NC(=O)C12Cc1cc3ccc(CN4CCC(Cn5ccnc5)CC4)nc3cc1C2. The number of nitrogens with one attached hydrogen (secondary N) is 1. The van der Waals surface area contributed by atoms with E-state index in [1.807, 2.05) is 25.6 Å². The van der Waals surface area contributed by atoms with E-state index in [2.05, 4.69) is 44.0 Å². The molecular formula is C26H29N5O2. The number of carbonyl (C=O) groups excluding carboxylic acids is 2. The van der Waals surface area contributed by atoms with E-state index in [4.69, 9.17) is 4.98 Å². The topological polar surface area (TPSA) is 80.1 Å². The van der Waals surface area contributed by atoms with Crippen LogP contribution in [0.15, 0.2) is 43.0 Å². The van der Waals surface area contributed by atoms with E-state index in [1.165, 1.54) is 18.4 Å². The molecule has 7 heteroatoms. The maximum atomic E-state index is 12.6. The van der Waals surface area contributed by atoms with E-state index >= 15 is 0 Å². The van der Waals surface area contributed by atoms with Crippen LogP contribution >= 0.6 is 0 Å². The number of piperidine rings is 1. The second-order valence-electron chi connectivity index (χ2n) is 10.1. The number of hydrogen-bond donors (Lipinski definition) is 1. The molecule has 2 amide bonds. The Morgan fingerprint density at radius 3 is 2.61 bits per heavy atom. The van der Waals surface area contributed by atoms with E-state index in [0.29, 0.717) is 18.8 Å². The number of benzene rings is 1. The Morgan fingerprint density at radius 2 is 1.91 bits per heavy atom. The molecule has 2 fully saturated rings. The van der Waals surface area contributed by atoms with Gasteiger partial charge in [-0.15, -0.1) is 0 Å². The third-order valence-electron chi connectivity index (χ3n) is 8.11. The van der Waals surface area contributed by atoms with Crippen molar-refractivity contribution in [2.75, 3.05) is 13.1 Å². The van der Waals surface area contributed by atoms with Gasteiger partial charge in [-0.3, -0.25) is 24.8 Å². The Labute approximate surface area is 193 Å². The highest BCUT2D eigenvalue weighted by atomic mass is 16.2. The summed E-state index contributed by atoms with van der Waals surface area (Å²) >= 11 is 0. The van der Waals surface area contributed by atoms with Crippen LogP contribution in [0, 0.1) is 17.3 Å². The van der Waals surface area contributed by atoms with Gasteiger partial charge in [-0.1, -0.05) is 13.0 Å². The zero-order chi connectivity index (χ0) is 22.6. The molecule has 6 rings (SSSR count). The van der Waals surface area contributed by atoms with Crippen molar-refractivity contribution in [1.29, 1.82) is 0 Å². The van der Waals surface area contributed by atoms with Gasteiger partial charge in [0.1, 0.15) is 0 Å². The smallest absolute Gasteiger partial charge is 0.234 e. The summed E-state index contributed by atoms with van der Waals surface area (Å²) in [6, 6.07) is 8.59. The molecular weight excluding hydrogens is 414 g/mol. The number of imidazole rings is 1. The maximum Gasteiger partial charge on any atom is 0.234 e. The summed E-state index contributed by atoms with van der Waals surface area (Å²) in [6.45, 7) is 5.97. The first-order valence-electron chi connectivity index (χ1n) is 11.9. The molecule has 7 nitrogen and oxygen atoms in total. The molecule has 2 saturated heterocycles. The molecule has 2 aromatic heterocycles. The number of aromatic nitrogens is 3. The fraction of sp³-hybridized carbons (Fsp3) is 0.462. The van der Waals surface area contributed by atoms with Crippen molar-refractivity contribution in [3.8, 4) is 0 Å². The monoisotopic (exact) mass is 443 g/mol. The number of imide groups is 1. The van der Waals surface area contributed by atoms with Gasteiger partial charge in [0.05, 0.1) is 28.9 Å². The lowest BCUT2D eigenvalue weighted by molar-refractivity contribution is -0.128. The van der Waals surface area contributed by atoms with Crippen molar-refractivity contribution in [1.82, 2.24) is 24.8 Å². The highest BCUT2D eigenvalue weighted by molar-refractivity contribution is 6.08. The maximum absolute atomic E-state index is 12.6. The van der Waals surface area contributed by atoms with Crippen LogP contribution in [0.1, 0.15) is 36.6 Å². The lowest BCUT2D eigenvalue weighted by atomic mass is 9.75. The highest BCUT2D eigenvalue weighted by Crippen LogP contribution is 2.46. The minimum Gasteiger partial charge on any atom is -0.337 e. The molecule has 3 aromatic rings. The van der Waals surface area contributed by atoms with Crippen molar-refractivity contribution in [3.05, 3.63) is 59.8 Å². The van der Waals surface area contributed by atoms with Crippen LogP contribution in [-0.4, -0.2) is 44.3 Å². The van der Waals surface area contributed by atoms with Crippen LogP contribution in [0.2, 0.25) is 0 Å². The van der Waals surface area contributed by atoms with Crippen LogP contribution in [0.3, 0.4) is 0 Å².